The van der Waals surface area contributed by atoms with Gasteiger partial charge >= 0.3 is 0 Å². The molecule has 0 unspecified atom stereocenters. The van der Waals surface area contributed by atoms with Crippen molar-refractivity contribution in [2.45, 2.75) is 26.3 Å². The molecule has 0 fully saturated rings. The number of hydrogen-bond donors (Lipinski definition) is 1. The van der Waals surface area contributed by atoms with Crippen LogP contribution in [0.4, 0.5) is 0 Å². The fourth-order valence-electron chi connectivity index (χ4n) is 2.19. The first-order valence-electron chi connectivity index (χ1n) is 7.84. The van der Waals surface area contributed by atoms with Gasteiger partial charge in [-0.15, -0.1) is 0 Å². The van der Waals surface area contributed by atoms with Crippen molar-refractivity contribution >= 4 is 11.8 Å². The third kappa shape index (κ3) is 5.29. The average molecular weight is 314 g/mol. The Balaban J connectivity index is 1.90. The summed E-state index contributed by atoms with van der Waals surface area (Å²) in [5.41, 5.74) is 0.548. The second kappa shape index (κ2) is 8.78. The maximum absolute atomic E-state index is 12.4. The molecule has 0 aliphatic carbocycles. The van der Waals surface area contributed by atoms with Gasteiger partial charge in [0.1, 0.15) is 5.76 Å². The number of carbonyl (C=O) groups excluding carboxylic acids is 2. The lowest BCUT2D eigenvalue weighted by Crippen LogP contribution is -2.40. The molecule has 1 aromatic heterocycles. The van der Waals surface area contributed by atoms with Gasteiger partial charge in [-0.1, -0.05) is 31.5 Å². The van der Waals surface area contributed by atoms with E-state index in [1.807, 2.05) is 12.1 Å². The number of carbonyl (C=O) groups is 2. The Kier molecular flexibility index (Phi) is 6.41. The molecule has 0 aliphatic heterocycles. The molecule has 1 heterocycles. The number of unbranched alkanes of at least 4 members (excludes halogenated alkanes) is 1. The Hall–Kier alpha value is -2.56. The summed E-state index contributed by atoms with van der Waals surface area (Å²) < 4.78 is 5.31. The van der Waals surface area contributed by atoms with E-state index < -0.39 is 0 Å². The SMILES string of the molecule is CCCCN(Cc1ccco1)C(=O)CNC(=O)c1ccccc1. The highest BCUT2D eigenvalue weighted by Crippen LogP contribution is 2.07. The van der Waals surface area contributed by atoms with Crippen LogP contribution in [-0.4, -0.2) is 29.8 Å². The lowest BCUT2D eigenvalue weighted by Gasteiger charge is -2.21. The highest BCUT2D eigenvalue weighted by molar-refractivity contribution is 5.96. The van der Waals surface area contributed by atoms with Crippen molar-refractivity contribution in [2.75, 3.05) is 13.1 Å². The fraction of sp³-hybridized carbons (Fsp3) is 0.333. The molecule has 0 atom stereocenters. The molecule has 0 spiro atoms. The molecule has 1 N–H and O–H groups in total. The minimum atomic E-state index is -0.243. The minimum absolute atomic E-state index is 0.0157. The van der Waals surface area contributed by atoms with Crippen molar-refractivity contribution in [1.82, 2.24) is 10.2 Å². The average Bonchev–Trinajstić information content (AvgIpc) is 3.10. The maximum Gasteiger partial charge on any atom is 0.251 e. The molecule has 122 valence electrons. The predicted octanol–water partition coefficient (Wildman–Crippen LogP) is 2.84. The summed E-state index contributed by atoms with van der Waals surface area (Å²) in [4.78, 5) is 26.1. The lowest BCUT2D eigenvalue weighted by atomic mass is 10.2. The topological polar surface area (TPSA) is 62.6 Å². The van der Waals surface area contributed by atoms with Gasteiger partial charge in [0.05, 0.1) is 19.4 Å². The molecule has 2 rings (SSSR count). The molecule has 2 aromatic rings. The Morgan fingerprint density at radius 3 is 2.57 bits per heavy atom. The standard InChI is InChI=1S/C18H22N2O3/c1-2-3-11-20(14-16-10-7-12-23-16)17(21)13-19-18(22)15-8-5-4-6-9-15/h4-10,12H,2-3,11,13-14H2,1H3,(H,19,22). The van der Waals surface area contributed by atoms with Crippen molar-refractivity contribution in [2.24, 2.45) is 0 Å². The molecule has 23 heavy (non-hydrogen) atoms. The van der Waals surface area contributed by atoms with E-state index in [1.165, 1.54) is 0 Å². The number of rotatable bonds is 8. The largest absolute Gasteiger partial charge is 0.467 e. The van der Waals surface area contributed by atoms with Gasteiger partial charge in [0.2, 0.25) is 5.91 Å². The van der Waals surface area contributed by atoms with E-state index in [0.717, 1.165) is 18.6 Å². The van der Waals surface area contributed by atoms with Crippen LogP contribution >= 0.6 is 0 Å². The van der Waals surface area contributed by atoms with Gasteiger partial charge in [0.25, 0.3) is 5.91 Å². The lowest BCUT2D eigenvalue weighted by molar-refractivity contribution is -0.131. The quantitative estimate of drug-likeness (QED) is 0.815. The van der Waals surface area contributed by atoms with Gasteiger partial charge in [0.15, 0.2) is 0 Å². The summed E-state index contributed by atoms with van der Waals surface area (Å²) in [6, 6.07) is 12.5. The minimum Gasteiger partial charge on any atom is -0.467 e. The molecule has 0 radical (unpaired) electrons. The monoisotopic (exact) mass is 314 g/mol. The van der Waals surface area contributed by atoms with Crippen LogP contribution in [0.25, 0.3) is 0 Å². The summed E-state index contributed by atoms with van der Waals surface area (Å²) in [6.45, 7) is 3.13. The molecule has 1 aromatic carbocycles. The third-order valence-corrected chi connectivity index (χ3v) is 3.50. The number of nitrogens with one attached hydrogen (secondary N) is 1. The van der Waals surface area contributed by atoms with Crippen LogP contribution in [0.1, 0.15) is 35.9 Å². The van der Waals surface area contributed by atoms with Gasteiger partial charge in [-0.25, -0.2) is 0 Å². The summed E-state index contributed by atoms with van der Waals surface area (Å²) in [5.74, 6) is 0.385. The van der Waals surface area contributed by atoms with E-state index in [1.54, 1.807) is 41.5 Å². The van der Waals surface area contributed by atoms with Crippen molar-refractivity contribution in [1.29, 1.82) is 0 Å². The van der Waals surface area contributed by atoms with Crippen molar-refractivity contribution in [3.05, 3.63) is 60.1 Å². The van der Waals surface area contributed by atoms with Crippen molar-refractivity contribution in [3.63, 3.8) is 0 Å². The molecule has 5 heteroatoms. The van der Waals surface area contributed by atoms with Crippen LogP contribution in [-0.2, 0) is 11.3 Å². The number of benzene rings is 1. The summed E-state index contributed by atoms with van der Waals surface area (Å²) in [6.07, 6.45) is 3.51. The van der Waals surface area contributed by atoms with E-state index in [2.05, 4.69) is 12.2 Å². The first-order chi connectivity index (χ1) is 11.2. The highest BCUT2D eigenvalue weighted by Gasteiger charge is 2.16. The molecule has 0 saturated carbocycles. The number of nitrogens with zero attached hydrogens (tertiary/aromatic N) is 1. The third-order valence-electron chi connectivity index (χ3n) is 3.50. The van der Waals surface area contributed by atoms with Crippen molar-refractivity contribution in [3.8, 4) is 0 Å². The van der Waals surface area contributed by atoms with Crippen LogP contribution in [0, 0.1) is 0 Å². The maximum atomic E-state index is 12.4. The summed E-state index contributed by atoms with van der Waals surface area (Å²) in [7, 11) is 0. The van der Waals surface area contributed by atoms with Crippen LogP contribution in [0.15, 0.2) is 53.1 Å². The fourth-order valence-corrected chi connectivity index (χ4v) is 2.19. The number of hydrogen-bond acceptors (Lipinski definition) is 3. The van der Waals surface area contributed by atoms with Gasteiger partial charge in [-0.3, -0.25) is 9.59 Å². The molecule has 2 amide bonds. The van der Waals surface area contributed by atoms with E-state index in [4.69, 9.17) is 4.42 Å². The summed E-state index contributed by atoms with van der Waals surface area (Å²) in [5, 5.41) is 2.67. The molecule has 0 aliphatic rings. The second-order valence-electron chi connectivity index (χ2n) is 5.30. The zero-order valence-electron chi connectivity index (χ0n) is 13.3. The molecule has 5 nitrogen and oxygen atoms in total. The Morgan fingerprint density at radius 1 is 1.13 bits per heavy atom. The first-order valence-corrected chi connectivity index (χ1v) is 7.84. The Labute approximate surface area is 136 Å². The van der Waals surface area contributed by atoms with Crippen LogP contribution in [0.5, 0.6) is 0 Å². The molecular formula is C18H22N2O3. The smallest absolute Gasteiger partial charge is 0.251 e. The van der Waals surface area contributed by atoms with E-state index in [9.17, 15) is 9.59 Å². The van der Waals surface area contributed by atoms with E-state index in [-0.39, 0.29) is 18.4 Å². The predicted molar refractivity (Wildman–Crippen MR) is 87.8 cm³/mol. The van der Waals surface area contributed by atoms with Crippen LogP contribution in [0.3, 0.4) is 0 Å². The van der Waals surface area contributed by atoms with E-state index in [0.29, 0.717) is 18.7 Å². The zero-order valence-corrected chi connectivity index (χ0v) is 13.3. The number of amides is 2. The molecule has 0 saturated heterocycles. The Morgan fingerprint density at radius 2 is 1.91 bits per heavy atom. The summed E-state index contributed by atoms with van der Waals surface area (Å²) >= 11 is 0. The highest BCUT2D eigenvalue weighted by atomic mass is 16.3. The molecule has 0 bridgehead atoms. The van der Waals surface area contributed by atoms with Gasteiger partial charge in [0, 0.05) is 12.1 Å². The normalized spacial score (nSPS) is 10.3. The molecular weight excluding hydrogens is 292 g/mol. The Bertz CT molecular complexity index is 608. The van der Waals surface area contributed by atoms with Gasteiger partial charge < -0.3 is 14.6 Å². The zero-order chi connectivity index (χ0) is 16.5. The van der Waals surface area contributed by atoms with Gasteiger partial charge in [-0.2, -0.15) is 0 Å². The van der Waals surface area contributed by atoms with E-state index >= 15 is 0 Å². The number of furan rings is 1. The second-order valence-corrected chi connectivity index (χ2v) is 5.30. The van der Waals surface area contributed by atoms with Crippen LogP contribution in [0.2, 0.25) is 0 Å². The van der Waals surface area contributed by atoms with Gasteiger partial charge in [-0.05, 0) is 30.7 Å². The first kappa shape index (κ1) is 16.8. The van der Waals surface area contributed by atoms with Crippen molar-refractivity contribution < 1.29 is 14.0 Å². The van der Waals surface area contributed by atoms with Crippen LogP contribution < -0.4 is 5.32 Å².